The molecule has 1 N–H and O–H groups in total. The maximum Gasteiger partial charge on any atom is 0.227 e. The Hall–Kier alpha value is -0.770. The largest absolute Gasteiger partial charge is 0.391 e. The van der Waals surface area contributed by atoms with E-state index in [9.17, 15) is 9.90 Å². The zero-order valence-corrected chi connectivity index (χ0v) is 10.7. The lowest BCUT2D eigenvalue weighted by molar-refractivity contribution is -0.129. The first kappa shape index (κ1) is 12.7. The molecule has 2 rings (SSSR count). The number of hydrogen-bond donors (Lipinski definition) is 1. The van der Waals surface area contributed by atoms with Crippen molar-refractivity contribution in [2.24, 2.45) is 0 Å². The van der Waals surface area contributed by atoms with Crippen molar-refractivity contribution in [2.75, 3.05) is 13.1 Å². The lowest BCUT2D eigenvalue weighted by atomic mass is 10.1. The molecule has 0 unspecified atom stereocenters. The number of rotatable bonds is 2. The number of aliphatic hydroxyl groups is 1. The van der Waals surface area contributed by atoms with Gasteiger partial charge in [0.1, 0.15) is 0 Å². The Labute approximate surface area is 110 Å². The molecule has 92 valence electrons. The molecular formula is C12H13Cl2NO2. The molecule has 1 aliphatic rings. The molecule has 3 nitrogen and oxygen atoms in total. The third-order valence-electron chi connectivity index (χ3n) is 2.91. The zero-order chi connectivity index (χ0) is 12.4. The summed E-state index contributed by atoms with van der Waals surface area (Å²) in [6.45, 7) is 1.00. The van der Waals surface area contributed by atoms with Crippen molar-refractivity contribution in [1.29, 1.82) is 0 Å². The molecule has 0 radical (unpaired) electrons. The van der Waals surface area contributed by atoms with Crippen molar-refractivity contribution in [3.8, 4) is 0 Å². The smallest absolute Gasteiger partial charge is 0.227 e. The molecule has 1 atom stereocenters. The minimum atomic E-state index is -0.402. The van der Waals surface area contributed by atoms with E-state index >= 15 is 0 Å². The monoisotopic (exact) mass is 273 g/mol. The Bertz CT molecular complexity index is 416. The number of halogens is 2. The maximum atomic E-state index is 12.0. The van der Waals surface area contributed by atoms with Gasteiger partial charge in [-0.05, 0) is 24.1 Å². The number of amides is 1. The van der Waals surface area contributed by atoms with Crippen molar-refractivity contribution < 1.29 is 9.90 Å². The molecule has 0 saturated carbocycles. The molecule has 1 saturated heterocycles. The minimum absolute atomic E-state index is 0.0449. The molecule has 0 aromatic heterocycles. The van der Waals surface area contributed by atoms with E-state index in [2.05, 4.69) is 0 Å². The Kier molecular flexibility index (Phi) is 3.92. The number of carbonyl (C=O) groups is 1. The number of likely N-dealkylation sites (tertiary alicyclic amines) is 1. The molecule has 1 aromatic rings. The van der Waals surface area contributed by atoms with Gasteiger partial charge in [-0.2, -0.15) is 0 Å². The van der Waals surface area contributed by atoms with E-state index in [0.717, 1.165) is 0 Å². The van der Waals surface area contributed by atoms with E-state index in [0.29, 0.717) is 35.1 Å². The summed E-state index contributed by atoms with van der Waals surface area (Å²) in [5.41, 5.74) is 0.655. The highest BCUT2D eigenvalue weighted by Crippen LogP contribution is 2.25. The van der Waals surface area contributed by atoms with Crippen LogP contribution in [-0.2, 0) is 11.2 Å². The Morgan fingerprint density at radius 2 is 2.06 bits per heavy atom. The quantitative estimate of drug-likeness (QED) is 0.897. The van der Waals surface area contributed by atoms with Crippen LogP contribution in [0.4, 0.5) is 0 Å². The predicted octanol–water partition coefficient (Wildman–Crippen LogP) is 2.13. The molecule has 0 aliphatic carbocycles. The van der Waals surface area contributed by atoms with E-state index in [1.807, 2.05) is 0 Å². The van der Waals surface area contributed by atoms with Crippen LogP contribution >= 0.6 is 23.2 Å². The van der Waals surface area contributed by atoms with Gasteiger partial charge in [0.25, 0.3) is 0 Å². The summed E-state index contributed by atoms with van der Waals surface area (Å²) in [5.74, 6) is -0.0449. The lowest BCUT2D eigenvalue weighted by Crippen LogP contribution is -2.31. The van der Waals surface area contributed by atoms with Crippen LogP contribution in [-0.4, -0.2) is 35.1 Å². The van der Waals surface area contributed by atoms with Gasteiger partial charge in [0.05, 0.1) is 12.5 Å². The molecule has 1 aromatic carbocycles. The lowest BCUT2D eigenvalue weighted by Gasteiger charge is -2.16. The Balaban J connectivity index is 2.08. The standard InChI is InChI=1S/C12H13Cl2NO2/c13-10-2-1-3-11(14)9(10)6-12(17)15-5-4-8(16)7-15/h1-3,8,16H,4-7H2/t8-/m0/s1. The highest BCUT2D eigenvalue weighted by atomic mass is 35.5. The molecule has 0 spiro atoms. The van der Waals surface area contributed by atoms with E-state index in [1.165, 1.54) is 0 Å². The highest BCUT2D eigenvalue weighted by Gasteiger charge is 2.25. The van der Waals surface area contributed by atoms with Gasteiger partial charge in [-0.15, -0.1) is 0 Å². The molecule has 1 amide bonds. The van der Waals surface area contributed by atoms with E-state index in [-0.39, 0.29) is 12.3 Å². The molecule has 17 heavy (non-hydrogen) atoms. The van der Waals surface area contributed by atoms with Crippen molar-refractivity contribution in [3.63, 3.8) is 0 Å². The fraction of sp³-hybridized carbons (Fsp3) is 0.417. The molecule has 0 bridgehead atoms. The van der Waals surface area contributed by atoms with Crippen LogP contribution in [0.5, 0.6) is 0 Å². The van der Waals surface area contributed by atoms with Gasteiger partial charge in [0.15, 0.2) is 0 Å². The Morgan fingerprint density at radius 1 is 1.41 bits per heavy atom. The van der Waals surface area contributed by atoms with Crippen LogP contribution < -0.4 is 0 Å². The number of carbonyl (C=O) groups excluding carboxylic acids is 1. The van der Waals surface area contributed by atoms with Crippen molar-refractivity contribution in [1.82, 2.24) is 4.90 Å². The van der Waals surface area contributed by atoms with Gasteiger partial charge in [0.2, 0.25) is 5.91 Å². The number of aliphatic hydroxyl groups excluding tert-OH is 1. The third kappa shape index (κ3) is 2.92. The first-order valence-corrected chi connectivity index (χ1v) is 6.22. The summed E-state index contributed by atoms with van der Waals surface area (Å²) >= 11 is 12.0. The third-order valence-corrected chi connectivity index (χ3v) is 3.61. The Morgan fingerprint density at radius 3 is 2.59 bits per heavy atom. The average Bonchev–Trinajstić information content (AvgIpc) is 2.70. The van der Waals surface area contributed by atoms with Gasteiger partial charge < -0.3 is 10.0 Å². The second-order valence-electron chi connectivity index (χ2n) is 4.16. The summed E-state index contributed by atoms with van der Waals surface area (Å²) in [4.78, 5) is 13.6. The topological polar surface area (TPSA) is 40.5 Å². The first-order chi connectivity index (χ1) is 8.08. The molecule has 5 heteroatoms. The van der Waals surface area contributed by atoms with E-state index in [1.54, 1.807) is 23.1 Å². The van der Waals surface area contributed by atoms with Crippen LogP contribution in [0.3, 0.4) is 0 Å². The molecular weight excluding hydrogens is 261 g/mol. The minimum Gasteiger partial charge on any atom is -0.391 e. The SMILES string of the molecule is O=C(Cc1c(Cl)cccc1Cl)N1CC[C@H](O)C1. The van der Waals surface area contributed by atoms with Crippen LogP contribution in [0, 0.1) is 0 Å². The van der Waals surface area contributed by atoms with E-state index in [4.69, 9.17) is 23.2 Å². The molecule has 1 heterocycles. The summed E-state index contributed by atoms with van der Waals surface area (Å²) in [5, 5.41) is 10.4. The number of nitrogens with zero attached hydrogens (tertiary/aromatic N) is 1. The van der Waals surface area contributed by atoms with Crippen molar-refractivity contribution in [3.05, 3.63) is 33.8 Å². The summed E-state index contributed by atoms with van der Waals surface area (Å²) in [6.07, 6.45) is 0.424. The average molecular weight is 274 g/mol. The second kappa shape index (κ2) is 5.25. The number of hydrogen-bond acceptors (Lipinski definition) is 2. The zero-order valence-electron chi connectivity index (χ0n) is 9.20. The van der Waals surface area contributed by atoms with Crippen LogP contribution in [0.1, 0.15) is 12.0 Å². The molecule has 1 aliphatic heterocycles. The van der Waals surface area contributed by atoms with Crippen LogP contribution in [0.2, 0.25) is 10.0 Å². The van der Waals surface area contributed by atoms with Gasteiger partial charge in [-0.1, -0.05) is 29.3 Å². The molecule has 1 fully saturated rings. The summed E-state index contributed by atoms with van der Waals surface area (Å²) in [7, 11) is 0. The fourth-order valence-electron chi connectivity index (χ4n) is 1.93. The maximum absolute atomic E-state index is 12.0. The van der Waals surface area contributed by atoms with Crippen LogP contribution in [0.25, 0.3) is 0 Å². The van der Waals surface area contributed by atoms with E-state index < -0.39 is 6.10 Å². The second-order valence-corrected chi connectivity index (χ2v) is 4.97. The van der Waals surface area contributed by atoms with Gasteiger partial charge in [-0.3, -0.25) is 4.79 Å². The van der Waals surface area contributed by atoms with Crippen LogP contribution in [0.15, 0.2) is 18.2 Å². The number of benzene rings is 1. The van der Waals surface area contributed by atoms with Crippen molar-refractivity contribution >= 4 is 29.1 Å². The highest BCUT2D eigenvalue weighted by molar-refractivity contribution is 6.36. The summed E-state index contributed by atoms with van der Waals surface area (Å²) in [6, 6.07) is 5.18. The van der Waals surface area contributed by atoms with Gasteiger partial charge >= 0.3 is 0 Å². The van der Waals surface area contributed by atoms with Gasteiger partial charge in [0, 0.05) is 23.1 Å². The van der Waals surface area contributed by atoms with Crippen molar-refractivity contribution in [2.45, 2.75) is 18.9 Å². The number of β-amino-alcohol motifs (C(OH)–C–C–N with tert-alkyl or cyclic N) is 1. The summed E-state index contributed by atoms with van der Waals surface area (Å²) < 4.78 is 0. The van der Waals surface area contributed by atoms with Gasteiger partial charge in [-0.25, -0.2) is 0 Å². The predicted molar refractivity (Wildman–Crippen MR) is 67.4 cm³/mol. The first-order valence-electron chi connectivity index (χ1n) is 5.46. The normalized spacial score (nSPS) is 19.7. The fourth-order valence-corrected chi connectivity index (χ4v) is 2.46.